The van der Waals surface area contributed by atoms with Crippen LogP contribution in [-0.4, -0.2) is 30.0 Å². The Balaban J connectivity index is 1.66. The number of anilines is 4. The van der Waals surface area contributed by atoms with Crippen molar-refractivity contribution in [1.29, 1.82) is 0 Å². The molecule has 3 rings (SSSR count). The van der Waals surface area contributed by atoms with E-state index in [-0.39, 0.29) is 5.91 Å². The highest BCUT2D eigenvalue weighted by Crippen LogP contribution is 2.19. The SMILES string of the molecule is CCc1ccccc1Nc1ncc(C(=O)Nc2ccc(N(C)C)cc2)cn1. The molecule has 1 heterocycles. The zero-order valence-corrected chi connectivity index (χ0v) is 15.7. The normalized spacial score (nSPS) is 10.3. The minimum atomic E-state index is -0.242. The van der Waals surface area contributed by atoms with Gasteiger partial charge in [-0.1, -0.05) is 25.1 Å². The number of rotatable bonds is 6. The first-order chi connectivity index (χ1) is 13.1. The van der Waals surface area contributed by atoms with E-state index < -0.39 is 0 Å². The molecule has 6 heteroatoms. The van der Waals surface area contributed by atoms with Crippen LogP contribution in [0.25, 0.3) is 0 Å². The third-order valence-corrected chi connectivity index (χ3v) is 4.20. The van der Waals surface area contributed by atoms with E-state index in [1.165, 1.54) is 18.0 Å². The van der Waals surface area contributed by atoms with Crippen LogP contribution in [-0.2, 0) is 6.42 Å². The van der Waals surface area contributed by atoms with E-state index in [4.69, 9.17) is 0 Å². The van der Waals surface area contributed by atoms with Crippen molar-refractivity contribution in [2.75, 3.05) is 29.6 Å². The quantitative estimate of drug-likeness (QED) is 0.692. The van der Waals surface area contributed by atoms with Gasteiger partial charge in [0.2, 0.25) is 5.95 Å². The van der Waals surface area contributed by atoms with Crippen LogP contribution >= 0.6 is 0 Å². The van der Waals surface area contributed by atoms with Crippen LogP contribution in [0.4, 0.5) is 23.0 Å². The fourth-order valence-corrected chi connectivity index (χ4v) is 2.63. The first-order valence-corrected chi connectivity index (χ1v) is 8.82. The Morgan fingerprint density at radius 2 is 1.67 bits per heavy atom. The zero-order chi connectivity index (χ0) is 19.2. The summed E-state index contributed by atoms with van der Waals surface area (Å²) in [6.45, 7) is 2.10. The molecule has 0 aliphatic rings. The average Bonchev–Trinajstić information content (AvgIpc) is 2.69. The third kappa shape index (κ3) is 4.61. The summed E-state index contributed by atoms with van der Waals surface area (Å²) in [4.78, 5) is 22.9. The first kappa shape index (κ1) is 18.4. The summed E-state index contributed by atoms with van der Waals surface area (Å²) in [6.07, 6.45) is 3.96. The molecular formula is C21H23N5O. The number of benzene rings is 2. The van der Waals surface area contributed by atoms with Crippen LogP contribution in [0, 0.1) is 0 Å². The number of carbonyl (C=O) groups excluding carboxylic acids is 1. The van der Waals surface area contributed by atoms with Gasteiger partial charge < -0.3 is 15.5 Å². The van der Waals surface area contributed by atoms with Crippen molar-refractivity contribution >= 4 is 28.9 Å². The van der Waals surface area contributed by atoms with E-state index in [9.17, 15) is 4.79 Å². The van der Waals surface area contributed by atoms with Gasteiger partial charge in [0, 0.05) is 43.6 Å². The summed E-state index contributed by atoms with van der Waals surface area (Å²) in [7, 11) is 3.94. The maximum atomic E-state index is 12.4. The second-order valence-corrected chi connectivity index (χ2v) is 6.33. The second kappa shape index (κ2) is 8.31. The Kier molecular flexibility index (Phi) is 5.66. The van der Waals surface area contributed by atoms with Crippen molar-refractivity contribution < 1.29 is 4.79 Å². The number of nitrogens with one attached hydrogen (secondary N) is 2. The summed E-state index contributed by atoms with van der Waals surface area (Å²) >= 11 is 0. The molecule has 0 aliphatic carbocycles. The summed E-state index contributed by atoms with van der Waals surface area (Å²) in [5, 5.41) is 6.05. The molecule has 2 aromatic carbocycles. The number of aromatic nitrogens is 2. The lowest BCUT2D eigenvalue weighted by atomic mass is 10.1. The molecule has 0 atom stereocenters. The highest BCUT2D eigenvalue weighted by molar-refractivity contribution is 6.04. The fraction of sp³-hybridized carbons (Fsp3) is 0.190. The van der Waals surface area contributed by atoms with E-state index in [2.05, 4.69) is 33.6 Å². The minimum Gasteiger partial charge on any atom is -0.378 e. The Morgan fingerprint density at radius 3 is 2.30 bits per heavy atom. The van der Waals surface area contributed by atoms with Crippen molar-refractivity contribution in [3.63, 3.8) is 0 Å². The van der Waals surface area contributed by atoms with Crippen molar-refractivity contribution in [3.05, 3.63) is 72.1 Å². The van der Waals surface area contributed by atoms with Crippen molar-refractivity contribution in [1.82, 2.24) is 9.97 Å². The summed E-state index contributed by atoms with van der Waals surface area (Å²) in [6, 6.07) is 15.6. The molecule has 0 unspecified atom stereocenters. The standard InChI is InChI=1S/C21H23N5O/c1-4-15-7-5-6-8-19(15)25-21-22-13-16(14-23-21)20(27)24-17-9-11-18(12-10-17)26(2)3/h5-14H,4H2,1-3H3,(H,24,27)(H,22,23,25). The second-order valence-electron chi connectivity index (χ2n) is 6.33. The van der Waals surface area contributed by atoms with Gasteiger partial charge in [-0.15, -0.1) is 0 Å². The van der Waals surface area contributed by atoms with Crippen LogP contribution in [0.3, 0.4) is 0 Å². The van der Waals surface area contributed by atoms with Crippen LogP contribution in [0.5, 0.6) is 0 Å². The monoisotopic (exact) mass is 361 g/mol. The summed E-state index contributed by atoms with van der Waals surface area (Å²) < 4.78 is 0. The van der Waals surface area contributed by atoms with Gasteiger partial charge in [-0.25, -0.2) is 9.97 Å². The predicted molar refractivity (Wildman–Crippen MR) is 110 cm³/mol. The molecule has 0 spiro atoms. The Hall–Kier alpha value is -3.41. The molecule has 3 aromatic rings. The van der Waals surface area contributed by atoms with Gasteiger partial charge in [0.1, 0.15) is 0 Å². The van der Waals surface area contributed by atoms with Gasteiger partial charge >= 0.3 is 0 Å². The topological polar surface area (TPSA) is 70.2 Å². The number of hydrogen-bond donors (Lipinski definition) is 2. The fourth-order valence-electron chi connectivity index (χ4n) is 2.63. The largest absolute Gasteiger partial charge is 0.378 e. The molecule has 0 fully saturated rings. The number of para-hydroxylation sites is 1. The van der Waals surface area contributed by atoms with Gasteiger partial charge in [0.15, 0.2) is 0 Å². The Bertz CT molecular complexity index is 905. The van der Waals surface area contributed by atoms with Crippen LogP contribution < -0.4 is 15.5 Å². The molecule has 0 bridgehead atoms. The van der Waals surface area contributed by atoms with Crippen molar-refractivity contribution in [2.45, 2.75) is 13.3 Å². The molecule has 6 nitrogen and oxygen atoms in total. The lowest BCUT2D eigenvalue weighted by molar-refractivity contribution is 0.102. The highest BCUT2D eigenvalue weighted by Gasteiger charge is 2.09. The first-order valence-electron chi connectivity index (χ1n) is 8.82. The lowest BCUT2D eigenvalue weighted by Gasteiger charge is -2.13. The molecular weight excluding hydrogens is 338 g/mol. The number of carbonyl (C=O) groups is 1. The van der Waals surface area contributed by atoms with Gasteiger partial charge in [-0.05, 0) is 42.3 Å². The number of amides is 1. The van der Waals surface area contributed by atoms with E-state index >= 15 is 0 Å². The minimum absolute atomic E-state index is 0.242. The molecule has 1 amide bonds. The smallest absolute Gasteiger partial charge is 0.258 e. The van der Waals surface area contributed by atoms with Crippen LogP contribution in [0.1, 0.15) is 22.8 Å². The summed E-state index contributed by atoms with van der Waals surface area (Å²) in [5.74, 6) is 0.218. The van der Waals surface area contributed by atoms with E-state index in [0.717, 1.165) is 23.5 Å². The van der Waals surface area contributed by atoms with E-state index in [1.807, 2.05) is 61.5 Å². The van der Waals surface area contributed by atoms with E-state index in [1.54, 1.807) is 0 Å². The van der Waals surface area contributed by atoms with Gasteiger partial charge in [0.25, 0.3) is 5.91 Å². The molecule has 27 heavy (non-hydrogen) atoms. The number of hydrogen-bond acceptors (Lipinski definition) is 5. The lowest BCUT2D eigenvalue weighted by Crippen LogP contribution is -2.13. The maximum Gasteiger partial charge on any atom is 0.258 e. The number of aryl methyl sites for hydroxylation is 1. The van der Waals surface area contributed by atoms with E-state index in [0.29, 0.717) is 11.5 Å². The van der Waals surface area contributed by atoms with Gasteiger partial charge in [0.05, 0.1) is 5.56 Å². The highest BCUT2D eigenvalue weighted by atomic mass is 16.1. The van der Waals surface area contributed by atoms with Gasteiger partial charge in [-0.2, -0.15) is 0 Å². The Labute approximate surface area is 159 Å². The van der Waals surface area contributed by atoms with Crippen molar-refractivity contribution in [2.24, 2.45) is 0 Å². The predicted octanol–water partition coefficient (Wildman–Crippen LogP) is 4.10. The maximum absolute atomic E-state index is 12.4. The molecule has 0 saturated carbocycles. The molecule has 2 N–H and O–H groups in total. The molecule has 0 saturated heterocycles. The Morgan fingerprint density at radius 1 is 1.00 bits per heavy atom. The number of nitrogens with zero attached hydrogens (tertiary/aromatic N) is 3. The third-order valence-electron chi connectivity index (χ3n) is 4.20. The zero-order valence-electron chi connectivity index (χ0n) is 15.7. The van der Waals surface area contributed by atoms with Gasteiger partial charge in [-0.3, -0.25) is 4.79 Å². The van der Waals surface area contributed by atoms with Crippen molar-refractivity contribution in [3.8, 4) is 0 Å². The molecule has 138 valence electrons. The van der Waals surface area contributed by atoms with Crippen LogP contribution in [0.2, 0.25) is 0 Å². The molecule has 1 aromatic heterocycles. The summed E-state index contributed by atoms with van der Waals surface area (Å²) in [5.41, 5.74) is 4.35. The average molecular weight is 361 g/mol. The van der Waals surface area contributed by atoms with Crippen LogP contribution in [0.15, 0.2) is 60.9 Å². The molecule has 0 aliphatic heterocycles. The molecule has 0 radical (unpaired) electrons.